The standard InChI is InChI=1S/C25H24FN9O/c1-14-5-8-29-25(33-14)36-20-4-3-17(9-19(20)26)35-22(15(2)21-23(35)24(27)31-13-30-21)16-10-32-34(12-16)18-6-7-28-11-18/h3-5,8-10,12-13,18,28H,6-7,11H2,1-2H3,(H2,27,30,31). The molecule has 5 aromatic rings. The maximum Gasteiger partial charge on any atom is 0.322 e. The lowest BCUT2D eigenvalue weighted by Crippen LogP contribution is -2.13. The summed E-state index contributed by atoms with van der Waals surface area (Å²) in [7, 11) is 0. The van der Waals surface area contributed by atoms with E-state index in [0.29, 0.717) is 28.6 Å². The van der Waals surface area contributed by atoms with Gasteiger partial charge in [-0.1, -0.05) is 0 Å². The molecule has 1 unspecified atom stereocenters. The first-order valence-electron chi connectivity index (χ1n) is 11.6. The first kappa shape index (κ1) is 22.1. The minimum atomic E-state index is -0.564. The maximum atomic E-state index is 15.3. The molecule has 6 rings (SSSR count). The van der Waals surface area contributed by atoms with Gasteiger partial charge in [-0.2, -0.15) is 5.10 Å². The Morgan fingerprint density at radius 3 is 2.83 bits per heavy atom. The van der Waals surface area contributed by atoms with Crippen LogP contribution >= 0.6 is 0 Å². The Hall–Kier alpha value is -4.38. The number of nitrogen functional groups attached to an aromatic ring is 1. The zero-order valence-electron chi connectivity index (χ0n) is 19.8. The van der Waals surface area contributed by atoms with Crippen LogP contribution in [-0.4, -0.2) is 47.4 Å². The third-order valence-electron chi connectivity index (χ3n) is 6.44. The fourth-order valence-electron chi connectivity index (χ4n) is 4.69. The summed E-state index contributed by atoms with van der Waals surface area (Å²) in [5.74, 6) is -0.244. The van der Waals surface area contributed by atoms with E-state index in [1.807, 2.05) is 35.5 Å². The fraction of sp³-hybridized carbons (Fsp3) is 0.240. The number of anilines is 1. The summed E-state index contributed by atoms with van der Waals surface area (Å²) in [5, 5.41) is 7.98. The van der Waals surface area contributed by atoms with Crippen molar-refractivity contribution in [1.29, 1.82) is 0 Å². The number of nitrogens with one attached hydrogen (secondary N) is 1. The first-order valence-corrected chi connectivity index (χ1v) is 11.6. The van der Waals surface area contributed by atoms with Crippen LogP contribution in [0.3, 0.4) is 0 Å². The molecule has 1 aromatic carbocycles. The van der Waals surface area contributed by atoms with Gasteiger partial charge in [0, 0.05) is 47.5 Å². The summed E-state index contributed by atoms with van der Waals surface area (Å²) in [5.41, 5.74) is 11.5. The number of benzene rings is 1. The Balaban J connectivity index is 1.48. The molecule has 1 saturated heterocycles. The summed E-state index contributed by atoms with van der Waals surface area (Å²) in [6.07, 6.45) is 7.85. The molecule has 1 aliphatic rings. The second kappa shape index (κ2) is 8.68. The molecule has 0 bridgehead atoms. The number of aromatic nitrogens is 7. The van der Waals surface area contributed by atoms with E-state index < -0.39 is 5.82 Å². The molecule has 0 radical (unpaired) electrons. The van der Waals surface area contributed by atoms with Gasteiger partial charge < -0.3 is 20.4 Å². The van der Waals surface area contributed by atoms with Crippen LogP contribution < -0.4 is 15.8 Å². The lowest BCUT2D eigenvalue weighted by atomic mass is 10.1. The summed E-state index contributed by atoms with van der Waals surface area (Å²) in [6, 6.07) is 6.81. The van der Waals surface area contributed by atoms with E-state index in [9.17, 15) is 0 Å². The van der Waals surface area contributed by atoms with Crippen LogP contribution in [0.4, 0.5) is 10.2 Å². The van der Waals surface area contributed by atoms with Crippen LogP contribution in [-0.2, 0) is 0 Å². The van der Waals surface area contributed by atoms with Crippen molar-refractivity contribution in [3.63, 3.8) is 0 Å². The van der Waals surface area contributed by atoms with Crippen LogP contribution in [0.2, 0.25) is 0 Å². The quantitative estimate of drug-likeness (QED) is 0.386. The van der Waals surface area contributed by atoms with Crippen LogP contribution in [0.5, 0.6) is 11.8 Å². The Morgan fingerprint density at radius 2 is 2.06 bits per heavy atom. The molecule has 3 N–H and O–H groups in total. The van der Waals surface area contributed by atoms with Crippen molar-refractivity contribution < 1.29 is 9.13 Å². The van der Waals surface area contributed by atoms with E-state index in [0.717, 1.165) is 42.0 Å². The molecule has 1 fully saturated rings. The molecular formula is C25H24FN9O. The average molecular weight is 486 g/mol. The van der Waals surface area contributed by atoms with E-state index in [4.69, 9.17) is 10.5 Å². The van der Waals surface area contributed by atoms with Crippen molar-refractivity contribution in [1.82, 2.24) is 39.6 Å². The predicted molar refractivity (Wildman–Crippen MR) is 133 cm³/mol. The molecule has 0 spiro atoms. The lowest BCUT2D eigenvalue weighted by molar-refractivity contribution is 0.410. The molecule has 0 saturated carbocycles. The highest BCUT2D eigenvalue weighted by atomic mass is 19.1. The zero-order chi connectivity index (χ0) is 24.8. The Labute approximate surface area is 206 Å². The van der Waals surface area contributed by atoms with Crippen molar-refractivity contribution in [3.8, 4) is 28.7 Å². The van der Waals surface area contributed by atoms with Crippen molar-refractivity contribution in [2.75, 3.05) is 18.8 Å². The number of ether oxygens (including phenoxy) is 1. The van der Waals surface area contributed by atoms with Gasteiger partial charge in [0.1, 0.15) is 11.8 Å². The molecule has 1 atom stereocenters. The predicted octanol–water partition coefficient (Wildman–Crippen LogP) is 3.74. The van der Waals surface area contributed by atoms with Gasteiger partial charge in [-0.3, -0.25) is 4.68 Å². The third kappa shape index (κ3) is 3.73. The normalized spacial score (nSPS) is 15.6. The molecule has 0 aliphatic carbocycles. The highest BCUT2D eigenvalue weighted by molar-refractivity contribution is 5.95. The molecule has 0 amide bonds. The molecular weight excluding hydrogens is 461 g/mol. The Kier molecular flexibility index (Phi) is 5.33. The topological polar surface area (TPSA) is 122 Å². The summed E-state index contributed by atoms with van der Waals surface area (Å²) in [4.78, 5) is 16.9. The van der Waals surface area contributed by atoms with Gasteiger partial charge in [0.2, 0.25) is 0 Å². The van der Waals surface area contributed by atoms with Crippen molar-refractivity contribution in [3.05, 3.63) is 66.3 Å². The first-order chi connectivity index (χ1) is 17.5. The summed E-state index contributed by atoms with van der Waals surface area (Å²) >= 11 is 0. The SMILES string of the molecule is Cc1ccnc(Oc2ccc(-n3c(-c4cnn(C5CCNC5)c4)c(C)c4ncnc(N)c43)cc2F)n1. The van der Waals surface area contributed by atoms with E-state index in [2.05, 4.69) is 30.4 Å². The maximum absolute atomic E-state index is 15.3. The summed E-state index contributed by atoms with van der Waals surface area (Å²) < 4.78 is 24.7. The van der Waals surface area contributed by atoms with Crippen molar-refractivity contribution in [2.24, 2.45) is 0 Å². The second-order valence-electron chi connectivity index (χ2n) is 8.82. The average Bonchev–Trinajstić information content (AvgIpc) is 3.61. The molecule has 182 valence electrons. The summed E-state index contributed by atoms with van der Waals surface area (Å²) in [6.45, 7) is 5.62. The highest BCUT2D eigenvalue weighted by Crippen LogP contribution is 2.38. The van der Waals surface area contributed by atoms with Gasteiger partial charge in [0.05, 0.1) is 23.4 Å². The Bertz CT molecular complexity index is 1590. The van der Waals surface area contributed by atoms with Gasteiger partial charge in [-0.05, 0) is 45.0 Å². The van der Waals surface area contributed by atoms with Crippen molar-refractivity contribution in [2.45, 2.75) is 26.3 Å². The largest absolute Gasteiger partial charge is 0.421 e. The monoisotopic (exact) mass is 485 g/mol. The van der Waals surface area contributed by atoms with Gasteiger partial charge in [-0.25, -0.2) is 24.3 Å². The number of nitrogens with two attached hydrogens (primary N) is 1. The lowest BCUT2D eigenvalue weighted by Gasteiger charge is -2.13. The van der Waals surface area contributed by atoms with Gasteiger partial charge >= 0.3 is 6.01 Å². The number of hydrogen-bond donors (Lipinski definition) is 2. The molecule has 10 nitrogen and oxygen atoms in total. The van der Waals surface area contributed by atoms with Crippen LogP contribution in [0, 0.1) is 19.7 Å². The van der Waals surface area contributed by atoms with Gasteiger partial charge in [-0.15, -0.1) is 0 Å². The number of hydrogen-bond acceptors (Lipinski definition) is 8. The molecule has 4 aromatic heterocycles. The van der Waals surface area contributed by atoms with Crippen LogP contribution in [0.15, 0.2) is 49.2 Å². The zero-order valence-corrected chi connectivity index (χ0v) is 19.8. The second-order valence-corrected chi connectivity index (χ2v) is 8.82. The molecule has 11 heteroatoms. The minimum Gasteiger partial charge on any atom is -0.421 e. The van der Waals surface area contributed by atoms with E-state index >= 15 is 4.39 Å². The van der Waals surface area contributed by atoms with Crippen LogP contribution in [0.1, 0.15) is 23.7 Å². The van der Waals surface area contributed by atoms with Gasteiger partial charge in [0.25, 0.3) is 0 Å². The Morgan fingerprint density at radius 1 is 1.17 bits per heavy atom. The molecule has 5 heterocycles. The number of halogens is 1. The highest BCUT2D eigenvalue weighted by Gasteiger charge is 2.24. The molecule has 1 aliphatic heterocycles. The van der Waals surface area contributed by atoms with Crippen molar-refractivity contribution >= 4 is 16.9 Å². The number of aryl methyl sites for hydroxylation is 2. The minimum absolute atomic E-state index is 0.0184. The third-order valence-corrected chi connectivity index (χ3v) is 6.44. The molecule has 36 heavy (non-hydrogen) atoms. The van der Waals surface area contributed by atoms with Crippen LogP contribution in [0.25, 0.3) is 28.0 Å². The fourth-order valence-corrected chi connectivity index (χ4v) is 4.69. The van der Waals surface area contributed by atoms with E-state index in [-0.39, 0.29) is 11.8 Å². The smallest absolute Gasteiger partial charge is 0.322 e. The van der Waals surface area contributed by atoms with E-state index in [1.54, 1.807) is 24.4 Å². The number of fused-ring (bicyclic) bond motifs is 1. The van der Waals surface area contributed by atoms with E-state index in [1.165, 1.54) is 12.4 Å². The number of nitrogens with zero attached hydrogens (tertiary/aromatic N) is 7. The number of rotatable bonds is 5. The van der Waals surface area contributed by atoms with Gasteiger partial charge in [0.15, 0.2) is 17.4 Å².